The van der Waals surface area contributed by atoms with Gasteiger partial charge in [0.15, 0.2) is 5.82 Å². The fourth-order valence-electron chi connectivity index (χ4n) is 3.65. The Morgan fingerprint density at radius 1 is 1.29 bits per heavy atom. The number of carbonyl (C=O) groups excluding carboxylic acids is 1. The summed E-state index contributed by atoms with van der Waals surface area (Å²) in [6.07, 6.45) is 7.16. The summed E-state index contributed by atoms with van der Waals surface area (Å²) in [5.74, 6) is 1.48. The van der Waals surface area contributed by atoms with E-state index in [1.165, 1.54) is 12.8 Å². The molecule has 0 aromatic carbocycles. The number of hydrogen-bond acceptors (Lipinski definition) is 6. The summed E-state index contributed by atoms with van der Waals surface area (Å²) in [7, 11) is 3.79. The third-order valence-corrected chi connectivity index (χ3v) is 4.94. The maximum Gasteiger partial charge on any atom is 0.234 e. The molecule has 2 aliphatic rings. The van der Waals surface area contributed by atoms with Crippen LogP contribution in [0.2, 0.25) is 0 Å². The first-order valence-electron chi connectivity index (χ1n) is 8.97. The molecule has 134 valence electrons. The van der Waals surface area contributed by atoms with E-state index in [1.54, 1.807) is 0 Å². The van der Waals surface area contributed by atoms with Gasteiger partial charge >= 0.3 is 0 Å². The van der Waals surface area contributed by atoms with E-state index in [0.29, 0.717) is 24.9 Å². The quantitative estimate of drug-likeness (QED) is 0.826. The lowest BCUT2D eigenvalue weighted by Crippen LogP contribution is -2.49. The Labute approximate surface area is 143 Å². The van der Waals surface area contributed by atoms with Crippen LogP contribution < -0.4 is 5.32 Å². The minimum absolute atomic E-state index is 0.0115. The van der Waals surface area contributed by atoms with Gasteiger partial charge in [-0.3, -0.25) is 4.79 Å². The minimum Gasteiger partial charge on any atom is -0.381 e. The summed E-state index contributed by atoms with van der Waals surface area (Å²) in [5, 5.41) is 7.49. The highest BCUT2D eigenvalue weighted by Gasteiger charge is 2.39. The number of carbonyl (C=O) groups is 1. The Morgan fingerprint density at radius 3 is 2.67 bits per heavy atom. The molecule has 1 saturated heterocycles. The Hall–Kier alpha value is -1.47. The zero-order valence-electron chi connectivity index (χ0n) is 14.7. The van der Waals surface area contributed by atoms with Crippen LogP contribution in [0.25, 0.3) is 0 Å². The molecule has 2 heterocycles. The number of ether oxygens (including phenoxy) is 1. The molecule has 1 aromatic rings. The second kappa shape index (κ2) is 7.61. The van der Waals surface area contributed by atoms with Crippen LogP contribution in [0.4, 0.5) is 0 Å². The van der Waals surface area contributed by atoms with E-state index < -0.39 is 5.54 Å². The first-order valence-corrected chi connectivity index (χ1v) is 8.97. The fourth-order valence-corrected chi connectivity index (χ4v) is 3.65. The van der Waals surface area contributed by atoms with Crippen molar-refractivity contribution in [2.24, 2.45) is 0 Å². The molecule has 1 N–H and O–H groups in total. The first kappa shape index (κ1) is 17.4. The predicted molar refractivity (Wildman–Crippen MR) is 88.6 cm³/mol. The second-order valence-electron chi connectivity index (χ2n) is 7.30. The summed E-state index contributed by atoms with van der Waals surface area (Å²) in [5.41, 5.74) is -0.495. The summed E-state index contributed by atoms with van der Waals surface area (Å²) in [6.45, 7) is 1.75. The molecule has 2 fully saturated rings. The van der Waals surface area contributed by atoms with Gasteiger partial charge in [-0.05, 0) is 33.4 Å². The number of nitrogens with zero attached hydrogens (tertiary/aromatic N) is 3. The maximum absolute atomic E-state index is 12.4. The van der Waals surface area contributed by atoms with Gasteiger partial charge in [0, 0.05) is 6.61 Å². The van der Waals surface area contributed by atoms with E-state index in [2.05, 4.69) is 15.5 Å². The van der Waals surface area contributed by atoms with Gasteiger partial charge in [0.2, 0.25) is 11.8 Å². The van der Waals surface area contributed by atoms with Crippen molar-refractivity contribution in [2.45, 2.75) is 56.4 Å². The number of nitrogens with one attached hydrogen (secondary N) is 1. The van der Waals surface area contributed by atoms with Crippen LogP contribution in [0.3, 0.4) is 0 Å². The highest BCUT2D eigenvalue weighted by molar-refractivity contribution is 5.78. The minimum atomic E-state index is -0.495. The molecule has 1 saturated carbocycles. The zero-order chi connectivity index (χ0) is 17.0. The normalized spacial score (nSPS) is 24.0. The van der Waals surface area contributed by atoms with E-state index in [4.69, 9.17) is 9.26 Å². The lowest BCUT2D eigenvalue weighted by atomic mass is 9.89. The van der Waals surface area contributed by atoms with Gasteiger partial charge in [-0.15, -0.1) is 0 Å². The van der Waals surface area contributed by atoms with Crippen LogP contribution in [-0.2, 0) is 15.1 Å². The smallest absolute Gasteiger partial charge is 0.234 e. The van der Waals surface area contributed by atoms with E-state index in [1.807, 2.05) is 19.0 Å². The molecule has 0 spiro atoms. The Morgan fingerprint density at radius 2 is 2.04 bits per heavy atom. The SMILES string of the molecule is CN(C)CC(=O)NC1(c2noc([C@H]3CCOC3)n2)CCCCCC1. The van der Waals surface area contributed by atoms with Gasteiger partial charge < -0.3 is 19.5 Å². The monoisotopic (exact) mass is 336 g/mol. The molecule has 0 radical (unpaired) electrons. The van der Waals surface area contributed by atoms with E-state index in [-0.39, 0.29) is 11.8 Å². The molecule has 24 heavy (non-hydrogen) atoms. The summed E-state index contributed by atoms with van der Waals surface area (Å²) in [6, 6.07) is 0. The number of likely N-dealkylation sites (N-methyl/N-ethyl adjacent to an activating group) is 1. The molecule has 3 rings (SSSR count). The molecular formula is C17H28N4O3. The summed E-state index contributed by atoms with van der Waals surface area (Å²) in [4.78, 5) is 19.0. The van der Waals surface area contributed by atoms with Crippen LogP contribution >= 0.6 is 0 Å². The van der Waals surface area contributed by atoms with Crippen molar-refractivity contribution in [3.8, 4) is 0 Å². The van der Waals surface area contributed by atoms with Gasteiger partial charge in [-0.1, -0.05) is 30.8 Å². The van der Waals surface area contributed by atoms with Gasteiger partial charge in [0.05, 0.1) is 19.1 Å². The largest absolute Gasteiger partial charge is 0.381 e. The predicted octanol–water partition coefficient (Wildman–Crippen LogP) is 1.80. The van der Waals surface area contributed by atoms with Gasteiger partial charge in [0.1, 0.15) is 5.54 Å². The lowest BCUT2D eigenvalue weighted by molar-refractivity contribution is -0.124. The van der Waals surface area contributed by atoms with Crippen molar-refractivity contribution in [1.29, 1.82) is 0 Å². The van der Waals surface area contributed by atoms with Crippen molar-refractivity contribution in [1.82, 2.24) is 20.4 Å². The van der Waals surface area contributed by atoms with Gasteiger partial charge in [0.25, 0.3) is 0 Å². The molecule has 1 aliphatic carbocycles. The Balaban J connectivity index is 1.82. The standard InChI is InChI=1S/C17H28N4O3/c1-21(2)11-14(22)19-17(8-5-3-4-6-9-17)16-18-15(24-20-16)13-7-10-23-12-13/h13H,3-12H2,1-2H3,(H,19,22)/t13-/m0/s1. The molecule has 1 aliphatic heterocycles. The van der Waals surface area contributed by atoms with Crippen LogP contribution in [0.15, 0.2) is 4.52 Å². The van der Waals surface area contributed by atoms with Crippen molar-refractivity contribution < 1.29 is 14.1 Å². The molecule has 1 atom stereocenters. The molecular weight excluding hydrogens is 308 g/mol. The van der Waals surface area contributed by atoms with Crippen molar-refractivity contribution in [2.75, 3.05) is 33.9 Å². The summed E-state index contributed by atoms with van der Waals surface area (Å²) < 4.78 is 10.9. The number of rotatable bonds is 5. The van der Waals surface area contributed by atoms with E-state index >= 15 is 0 Å². The lowest BCUT2D eigenvalue weighted by Gasteiger charge is -2.31. The van der Waals surface area contributed by atoms with Crippen LogP contribution in [-0.4, -0.2) is 54.8 Å². The number of aromatic nitrogens is 2. The summed E-state index contributed by atoms with van der Waals surface area (Å²) >= 11 is 0. The van der Waals surface area contributed by atoms with E-state index in [9.17, 15) is 4.79 Å². The third-order valence-electron chi connectivity index (χ3n) is 4.94. The highest BCUT2D eigenvalue weighted by atomic mass is 16.5. The molecule has 0 unspecified atom stereocenters. The first-order chi connectivity index (χ1) is 11.6. The van der Waals surface area contributed by atoms with Crippen molar-refractivity contribution in [3.05, 3.63) is 11.7 Å². The van der Waals surface area contributed by atoms with Crippen LogP contribution in [0.5, 0.6) is 0 Å². The van der Waals surface area contributed by atoms with Gasteiger partial charge in [-0.25, -0.2) is 0 Å². The molecule has 1 amide bonds. The topological polar surface area (TPSA) is 80.5 Å². The number of hydrogen-bond donors (Lipinski definition) is 1. The van der Waals surface area contributed by atoms with Crippen molar-refractivity contribution >= 4 is 5.91 Å². The number of amides is 1. The molecule has 7 heteroatoms. The second-order valence-corrected chi connectivity index (χ2v) is 7.30. The van der Waals surface area contributed by atoms with Crippen molar-refractivity contribution in [3.63, 3.8) is 0 Å². The Kier molecular flexibility index (Phi) is 5.50. The fraction of sp³-hybridized carbons (Fsp3) is 0.824. The van der Waals surface area contributed by atoms with Crippen LogP contribution in [0, 0.1) is 0 Å². The molecule has 1 aromatic heterocycles. The van der Waals surface area contributed by atoms with Gasteiger partial charge in [-0.2, -0.15) is 4.98 Å². The average Bonchev–Trinajstić information content (AvgIpc) is 3.16. The average molecular weight is 336 g/mol. The van der Waals surface area contributed by atoms with Crippen LogP contribution in [0.1, 0.15) is 62.6 Å². The zero-order valence-corrected chi connectivity index (χ0v) is 14.7. The third kappa shape index (κ3) is 3.95. The molecule has 7 nitrogen and oxygen atoms in total. The Bertz CT molecular complexity index is 544. The maximum atomic E-state index is 12.4. The van der Waals surface area contributed by atoms with E-state index in [0.717, 1.165) is 38.7 Å². The highest BCUT2D eigenvalue weighted by Crippen LogP contribution is 2.35. The molecule has 0 bridgehead atoms.